The average molecular weight is 465 g/mol. The van der Waals surface area contributed by atoms with Crippen LogP contribution in [-0.2, 0) is 11.8 Å². The van der Waals surface area contributed by atoms with Gasteiger partial charge in [0.05, 0.1) is 23.1 Å². The number of carbonyl (C=O) groups is 2. The largest absolute Gasteiger partial charge is 0.364 e. The molecule has 1 fully saturated rings. The van der Waals surface area contributed by atoms with Crippen LogP contribution >= 0.6 is 0 Å². The smallest absolute Gasteiger partial charge is 0.273 e. The van der Waals surface area contributed by atoms with E-state index in [0.29, 0.717) is 11.5 Å². The van der Waals surface area contributed by atoms with E-state index in [2.05, 4.69) is 42.7 Å². The lowest BCUT2D eigenvalue weighted by molar-refractivity contribution is -0.117. The number of nitrogens with one attached hydrogen (secondary N) is 3. The van der Waals surface area contributed by atoms with E-state index in [0.717, 1.165) is 35.3 Å². The normalized spacial score (nSPS) is 18.2. The minimum absolute atomic E-state index is 0.0106. The van der Waals surface area contributed by atoms with E-state index in [9.17, 15) is 9.59 Å². The van der Waals surface area contributed by atoms with Crippen molar-refractivity contribution >= 4 is 34.8 Å². The summed E-state index contributed by atoms with van der Waals surface area (Å²) >= 11 is 0. The SMILES string of the molecule is [2H]C([2H])([2H])NC(=O)c1nnc(NC(=O)C2CC2)cc1Nc1nc(C)cc2c1N(C)[C@@H](C)c1cn(C)nc1-2. The van der Waals surface area contributed by atoms with Crippen molar-refractivity contribution in [2.75, 3.05) is 29.6 Å². The molecular weight excluding hydrogens is 434 g/mol. The fraction of sp³-hybridized carbons (Fsp3) is 0.391. The maximum Gasteiger partial charge on any atom is 0.273 e. The Morgan fingerprint density at radius 1 is 1.21 bits per heavy atom. The van der Waals surface area contributed by atoms with Crippen LogP contribution in [0.5, 0.6) is 0 Å². The monoisotopic (exact) mass is 464 g/mol. The lowest BCUT2D eigenvalue weighted by Gasteiger charge is -2.34. The van der Waals surface area contributed by atoms with Gasteiger partial charge in [-0.1, -0.05) is 0 Å². The predicted octanol–water partition coefficient (Wildman–Crippen LogP) is 2.54. The Morgan fingerprint density at radius 2 is 2.00 bits per heavy atom. The minimum atomic E-state index is -2.72. The van der Waals surface area contributed by atoms with Crippen molar-refractivity contribution in [3.8, 4) is 11.3 Å². The van der Waals surface area contributed by atoms with Crippen molar-refractivity contribution in [1.82, 2.24) is 30.3 Å². The molecule has 1 aliphatic heterocycles. The molecule has 1 saturated carbocycles. The Labute approximate surface area is 201 Å². The van der Waals surface area contributed by atoms with Crippen molar-refractivity contribution in [3.05, 3.63) is 35.3 Å². The highest BCUT2D eigenvalue weighted by atomic mass is 16.2. The van der Waals surface area contributed by atoms with Crippen molar-refractivity contribution in [2.24, 2.45) is 13.0 Å². The molecule has 34 heavy (non-hydrogen) atoms. The Morgan fingerprint density at radius 3 is 2.74 bits per heavy atom. The maximum absolute atomic E-state index is 12.8. The van der Waals surface area contributed by atoms with Crippen LogP contribution in [0.4, 0.5) is 23.0 Å². The molecule has 0 unspecified atom stereocenters. The fourth-order valence-corrected chi connectivity index (χ4v) is 4.19. The first-order valence-electron chi connectivity index (χ1n) is 12.5. The Balaban J connectivity index is 1.60. The van der Waals surface area contributed by atoms with Crippen LogP contribution in [0.3, 0.4) is 0 Å². The second kappa shape index (κ2) is 8.08. The highest BCUT2D eigenvalue weighted by Gasteiger charge is 2.33. The number of fused-ring (bicyclic) bond motifs is 3. The van der Waals surface area contributed by atoms with Crippen LogP contribution in [0.2, 0.25) is 0 Å². The highest BCUT2D eigenvalue weighted by Crippen LogP contribution is 2.47. The quantitative estimate of drug-likeness (QED) is 0.525. The van der Waals surface area contributed by atoms with E-state index in [-0.39, 0.29) is 35.1 Å². The standard InChI is InChI=1S/C23H27N9O2/c1-11-8-14-18-15(10-31(4)30-18)12(2)32(5)20(14)21(25-11)26-16-9-17(27-22(33)13-6-7-13)28-29-19(16)23(34)24-3/h8-10,12-13H,6-7H2,1-5H3,(H,24,34)(H2,25,26,27,28,33)/t12-/m0/s1/i3D3. The molecule has 1 aliphatic carbocycles. The molecule has 0 aromatic carbocycles. The summed E-state index contributed by atoms with van der Waals surface area (Å²) in [6, 6.07) is 3.39. The van der Waals surface area contributed by atoms with Crippen LogP contribution in [0, 0.1) is 12.8 Å². The van der Waals surface area contributed by atoms with Gasteiger partial charge in [0.15, 0.2) is 17.3 Å². The van der Waals surface area contributed by atoms with Gasteiger partial charge in [-0.3, -0.25) is 14.3 Å². The molecule has 0 spiro atoms. The summed E-state index contributed by atoms with van der Waals surface area (Å²) in [5.41, 5.74) is 4.14. The zero-order valence-electron chi connectivity index (χ0n) is 22.3. The van der Waals surface area contributed by atoms with E-state index in [1.807, 2.05) is 38.6 Å². The van der Waals surface area contributed by atoms with Crippen LogP contribution in [-0.4, -0.2) is 50.8 Å². The van der Waals surface area contributed by atoms with Gasteiger partial charge in [-0.05, 0) is 32.8 Å². The van der Waals surface area contributed by atoms with E-state index < -0.39 is 12.9 Å². The molecule has 3 aromatic heterocycles. The topological polar surface area (TPSA) is 130 Å². The molecule has 0 bridgehead atoms. The highest BCUT2D eigenvalue weighted by molar-refractivity contribution is 6.00. The van der Waals surface area contributed by atoms with Gasteiger partial charge in [0.1, 0.15) is 0 Å². The van der Waals surface area contributed by atoms with Gasteiger partial charge in [0.2, 0.25) is 5.91 Å². The second-order valence-corrected chi connectivity index (χ2v) is 8.74. The summed E-state index contributed by atoms with van der Waals surface area (Å²) in [6.07, 6.45) is 3.60. The van der Waals surface area contributed by atoms with Gasteiger partial charge < -0.3 is 20.9 Å². The number of hydrogen-bond donors (Lipinski definition) is 3. The fourth-order valence-electron chi connectivity index (χ4n) is 4.19. The Bertz CT molecular complexity index is 1420. The molecule has 1 atom stereocenters. The molecule has 0 saturated heterocycles. The number of aromatic nitrogens is 5. The number of pyridine rings is 1. The zero-order valence-corrected chi connectivity index (χ0v) is 19.3. The molecule has 11 heteroatoms. The maximum atomic E-state index is 12.8. The summed E-state index contributed by atoms with van der Waals surface area (Å²) in [5.74, 6) is -0.617. The molecule has 3 aromatic rings. The van der Waals surface area contributed by atoms with Crippen LogP contribution in [0.25, 0.3) is 11.3 Å². The first-order valence-corrected chi connectivity index (χ1v) is 11.0. The lowest BCUT2D eigenvalue weighted by atomic mass is 9.95. The first-order chi connectivity index (χ1) is 17.4. The van der Waals surface area contributed by atoms with Crippen LogP contribution < -0.4 is 20.9 Å². The van der Waals surface area contributed by atoms with E-state index in [4.69, 9.17) is 4.11 Å². The minimum Gasteiger partial charge on any atom is -0.364 e. The molecule has 4 heterocycles. The van der Waals surface area contributed by atoms with Crippen molar-refractivity contribution in [1.29, 1.82) is 0 Å². The number of carbonyl (C=O) groups excluding carboxylic acids is 2. The van der Waals surface area contributed by atoms with Gasteiger partial charge in [0, 0.05) is 60.2 Å². The average Bonchev–Trinajstić information content (AvgIpc) is 3.57. The van der Waals surface area contributed by atoms with Crippen molar-refractivity contribution < 1.29 is 13.7 Å². The first kappa shape index (κ1) is 18.4. The lowest BCUT2D eigenvalue weighted by Crippen LogP contribution is -2.27. The number of aryl methyl sites for hydroxylation is 2. The molecular formula is C23H27N9O2. The third-order valence-electron chi connectivity index (χ3n) is 6.19. The van der Waals surface area contributed by atoms with Crippen LogP contribution in [0.1, 0.15) is 51.7 Å². The number of amides is 2. The summed E-state index contributed by atoms with van der Waals surface area (Å²) in [4.78, 5) is 31.9. The van der Waals surface area contributed by atoms with E-state index in [1.165, 1.54) is 6.07 Å². The number of anilines is 4. The molecule has 2 aliphatic rings. The number of hydrogen-bond acceptors (Lipinski definition) is 8. The molecule has 11 nitrogen and oxygen atoms in total. The van der Waals surface area contributed by atoms with Gasteiger partial charge in [-0.15, -0.1) is 10.2 Å². The van der Waals surface area contributed by atoms with E-state index in [1.54, 1.807) is 4.68 Å². The van der Waals surface area contributed by atoms with Gasteiger partial charge in [0.25, 0.3) is 5.91 Å². The summed E-state index contributed by atoms with van der Waals surface area (Å²) in [5, 5.41) is 20.4. The summed E-state index contributed by atoms with van der Waals surface area (Å²) in [6.45, 7) is 1.18. The molecule has 5 rings (SSSR count). The summed E-state index contributed by atoms with van der Waals surface area (Å²) < 4.78 is 24.0. The van der Waals surface area contributed by atoms with Gasteiger partial charge >= 0.3 is 0 Å². The number of rotatable bonds is 5. The number of nitrogens with zero attached hydrogens (tertiary/aromatic N) is 6. The third-order valence-corrected chi connectivity index (χ3v) is 6.19. The molecule has 2 amide bonds. The Hall–Kier alpha value is -4.02. The van der Waals surface area contributed by atoms with Gasteiger partial charge in [-0.2, -0.15) is 5.10 Å². The summed E-state index contributed by atoms with van der Waals surface area (Å²) in [7, 11) is 3.81. The molecule has 176 valence electrons. The molecule has 3 N–H and O–H groups in total. The molecule has 0 radical (unpaired) electrons. The van der Waals surface area contributed by atoms with Crippen molar-refractivity contribution in [2.45, 2.75) is 32.7 Å². The second-order valence-electron chi connectivity index (χ2n) is 8.74. The van der Waals surface area contributed by atoms with E-state index >= 15 is 0 Å². The Kier molecular flexibility index (Phi) is 4.38. The zero-order chi connectivity index (χ0) is 26.6. The van der Waals surface area contributed by atoms with Crippen LogP contribution in [0.15, 0.2) is 18.3 Å². The van der Waals surface area contributed by atoms with Crippen molar-refractivity contribution in [3.63, 3.8) is 0 Å². The van der Waals surface area contributed by atoms with Gasteiger partial charge in [-0.25, -0.2) is 4.98 Å². The third kappa shape index (κ3) is 3.72. The predicted molar refractivity (Wildman–Crippen MR) is 128 cm³/mol.